The molecule has 2 unspecified atom stereocenters. The number of carbonyl (C=O) groups excluding carboxylic acids is 1. The average Bonchev–Trinajstić information content (AvgIpc) is 2.60. The summed E-state index contributed by atoms with van der Waals surface area (Å²) in [5, 5.41) is 7.29. The van der Waals surface area contributed by atoms with Gasteiger partial charge in [0.05, 0.1) is 6.04 Å². The topological polar surface area (TPSA) is 44.4 Å². The Balaban J connectivity index is 1.97. The summed E-state index contributed by atoms with van der Waals surface area (Å²) in [5.41, 5.74) is 1.08. The van der Waals surface area contributed by atoms with Gasteiger partial charge in [-0.2, -0.15) is 11.8 Å². The Morgan fingerprint density at radius 2 is 2.17 bits per heavy atom. The van der Waals surface area contributed by atoms with Crippen molar-refractivity contribution < 1.29 is 4.79 Å². The highest BCUT2D eigenvalue weighted by atomic mass is 35.5. The Hall–Kier alpha value is -0.750. The quantitative estimate of drug-likeness (QED) is 0.739. The molecule has 0 radical (unpaired) electrons. The summed E-state index contributed by atoms with van der Waals surface area (Å²) in [6.45, 7) is 7.69. The summed E-state index contributed by atoms with van der Waals surface area (Å²) in [5.74, 6) is 2.26. The number of hydrogen-bond donors (Lipinski definition) is 2. The van der Waals surface area contributed by atoms with Gasteiger partial charge < -0.3 is 10.6 Å². The molecule has 2 rings (SSSR count). The SMILES string of the molecule is CCN(CC)C(CNC(=O)CC1CSCCN1)c1ccccc1Cl. The molecule has 1 aromatic rings. The van der Waals surface area contributed by atoms with Crippen molar-refractivity contribution in [2.75, 3.05) is 37.7 Å². The van der Waals surface area contributed by atoms with Crippen LogP contribution in [0.25, 0.3) is 0 Å². The number of nitrogens with one attached hydrogen (secondary N) is 2. The maximum Gasteiger partial charge on any atom is 0.221 e. The predicted molar refractivity (Wildman–Crippen MR) is 104 cm³/mol. The van der Waals surface area contributed by atoms with Crippen LogP contribution in [-0.2, 0) is 4.79 Å². The van der Waals surface area contributed by atoms with Crippen LogP contribution >= 0.6 is 23.4 Å². The van der Waals surface area contributed by atoms with Crippen molar-refractivity contribution in [1.29, 1.82) is 0 Å². The van der Waals surface area contributed by atoms with E-state index >= 15 is 0 Å². The molecule has 1 saturated heterocycles. The minimum Gasteiger partial charge on any atom is -0.354 e. The second-order valence-corrected chi connectivity index (χ2v) is 7.55. The van der Waals surface area contributed by atoms with Crippen LogP contribution in [-0.4, -0.2) is 54.5 Å². The molecule has 0 aromatic heterocycles. The second-order valence-electron chi connectivity index (χ2n) is 5.99. The van der Waals surface area contributed by atoms with Crippen molar-refractivity contribution >= 4 is 29.3 Å². The molecular weight excluding hydrogens is 342 g/mol. The standard InChI is InChI=1S/C18H28ClN3OS/c1-3-22(4-2)17(15-7-5-6-8-16(15)19)12-21-18(23)11-14-13-24-10-9-20-14/h5-8,14,17,20H,3-4,9-13H2,1-2H3,(H,21,23). The maximum atomic E-state index is 12.3. The zero-order chi connectivity index (χ0) is 17.4. The van der Waals surface area contributed by atoms with Crippen LogP contribution in [0.1, 0.15) is 31.9 Å². The number of hydrogen-bond acceptors (Lipinski definition) is 4. The highest BCUT2D eigenvalue weighted by molar-refractivity contribution is 7.99. The third-order valence-electron chi connectivity index (χ3n) is 4.44. The van der Waals surface area contributed by atoms with Crippen LogP contribution in [0.4, 0.5) is 0 Å². The van der Waals surface area contributed by atoms with E-state index in [0.29, 0.717) is 13.0 Å². The average molecular weight is 370 g/mol. The smallest absolute Gasteiger partial charge is 0.221 e. The minimum atomic E-state index is 0.103. The largest absolute Gasteiger partial charge is 0.354 e. The fourth-order valence-electron chi connectivity index (χ4n) is 3.10. The van der Waals surface area contributed by atoms with Gasteiger partial charge in [-0.05, 0) is 24.7 Å². The van der Waals surface area contributed by atoms with Gasteiger partial charge in [0.1, 0.15) is 0 Å². The van der Waals surface area contributed by atoms with Gasteiger partial charge in [-0.1, -0.05) is 43.6 Å². The maximum absolute atomic E-state index is 12.3. The van der Waals surface area contributed by atoms with E-state index in [-0.39, 0.29) is 18.0 Å². The van der Waals surface area contributed by atoms with Crippen molar-refractivity contribution in [2.24, 2.45) is 0 Å². The third-order valence-corrected chi connectivity index (χ3v) is 5.92. The number of benzene rings is 1. The molecule has 2 N–H and O–H groups in total. The molecule has 0 aliphatic carbocycles. The van der Waals surface area contributed by atoms with Crippen LogP contribution in [0.3, 0.4) is 0 Å². The third kappa shape index (κ3) is 5.66. The molecule has 4 nitrogen and oxygen atoms in total. The van der Waals surface area contributed by atoms with E-state index in [2.05, 4.69) is 35.4 Å². The van der Waals surface area contributed by atoms with Gasteiger partial charge in [-0.25, -0.2) is 0 Å². The molecule has 1 heterocycles. The van der Waals surface area contributed by atoms with E-state index in [1.807, 2.05) is 30.0 Å². The minimum absolute atomic E-state index is 0.103. The zero-order valence-corrected chi connectivity index (χ0v) is 16.1. The Kier molecular flexibility index (Phi) is 8.39. The molecule has 6 heteroatoms. The first-order chi connectivity index (χ1) is 11.7. The molecule has 0 spiro atoms. The van der Waals surface area contributed by atoms with Gasteiger partial charge in [-0.15, -0.1) is 0 Å². The summed E-state index contributed by atoms with van der Waals surface area (Å²) in [7, 11) is 0. The summed E-state index contributed by atoms with van der Waals surface area (Å²) in [6.07, 6.45) is 0.542. The lowest BCUT2D eigenvalue weighted by Crippen LogP contribution is -2.43. The molecule has 2 atom stereocenters. The molecule has 1 amide bonds. The fraction of sp³-hybridized carbons (Fsp3) is 0.611. The van der Waals surface area contributed by atoms with Gasteiger partial charge in [-0.3, -0.25) is 9.69 Å². The van der Waals surface area contributed by atoms with E-state index < -0.39 is 0 Å². The Labute approximate surface area is 154 Å². The predicted octanol–water partition coefficient (Wildman–Crippen LogP) is 2.93. The lowest BCUT2D eigenvalue weighted by atomic mass is 10.0. The molecule has 1 aromatic carbocycles. The summed E-state index contributed by atoms with van der Waals surface area (Å²) < 4.78 is 0. The van der Waals surface area contributed by atoms with E-state index in [1.54, 1.807) is 0 Å². The second kappa shape index (κ2) is 10.3. The number of amides is 1. The van der Waals surface area contributed by atoms with Gasteiger partial charge >= 0.3 is 0 Å². The zero-order valence-electron chi connectivity index (χ0n) is 14.6. The van der Waals surface area contributed by atoms with Crippen LogP contribution in [0, 0.1) is 0 Å². The lowest BCUT2D eigenvalue weighted by Gasteiger charge is -2.31. The molecule has 1 aliphatic heterocycles. The number of thioether (sulfide) groups is 1. The lowest BCUT2D eigenvalue weighted by molar-refractivity contribution is -0.121. The normalized spacial score (nSPS) is 19.2. The fourth-order valence-corrected chi connectivity index (χ4v) is 4.31. The molecule has 0 bridgehead atoms. The Bertz CT molecular complexity index is 519. The number of rotatable bonds is 8. The first-order valence-corrected chi connectivity index (χ1v) is 10.2. The van der Waals surface area contributed by atoms with E-state index in [0.717, 1.165) is 41.7 Å². The van der Waals surface area contributed by atoms with Crippen LogP contribution < -0.4 is 10.6 Å². The summed E-state index contributed by atoms with van der Waals surface area (Å²) in [6, 6.07) is 8.30. The van der Waals surface area contributed by atoms with Gasteiger partial charge in [0.2, 0.25) is 5.91 Å². The van der Waals surface area contributed by atoms with E-state index in [4.69, 9.17) is 11.6 Å². The Morgan fingerprint density at radius 3 is 2.79 bits per heavy atom. The van der Waals surface area contributed by atoms with Crippen LogP contribution in [0.15, 0.2) is 24.3 Å². The van der Waals surface area contributed by atoms with Crippen LogP contribution in [0.2, 0.25) is 5.02 Å². The molecule has 1 aliphatic rings. The van der Waals surface area contributed by atoms with Crippen molar-refractivity contribution in [1.82, 2.24) is 15.5 Å². The number of likely N-dealkylation sites (N-methyl/N-ethyl adjacent to an activating group) is 1. The number of nitrogens with zero attached hydrogens (tertiary/aromatic N) is 1. The van der Waals surface area contributed by atoms with Gasteiger partial charge in [0, 0.05) is 42.1 Å². The van der Waals surface area contributed by atoms with Crippen molar-refractivity contribution in [3.63, 3.8) is 0 Å². The molecule has 0 saturated carbocycles. The first-order valence-electron chi connectivity index (χ1n) is 8.72. The van der Waals surface area contributed by atoms with Crippen molar-refractivity contribution in [3.8, 4) is 0 Å². The van der Waals surface area contributed by atoms with E-state index in [1.165, 1.54) is 0 Å². The first kappa shape index (κ1) is 19.6. The van der Waals surface area contributed by atoms with Crippen molar-refractivity contribution in [2.45, 2.75) is 32.4 Å². The molecule has 134 valence electrons. The number of halogens is 1. The monoisotopic (exact) mass is 369 g/mol. The Morgan fingerprint density at radius 1 is 1.42 bits per heavy atom. The molecule has 1 fully saturated rings. The highest BCUT2D eigenvalue weighted by Crippen LogP contribution is 2.27. The molecular formula is C18H28ClN3OS. The highest BCUT2D eigenvalue weighted by Gasteiger charge is 2.22. The summed E-state index contributed by atoms with van der Waals surface area (Å²) in [4.78, 5) is 14.6. The van der Waals surface area contributed by atoms with E-state index in [9.17, 15) is 4.79 Å². The summed E-state index contributed by atoms with van der Waals surface area (Å²) >= 11 is 8.31. The van der Waals surface area contributed by atoms with Gasteiger partial charge in [0.15, 0.2) is 0 Å². The van der Waals surface area contributed by atoms with Crippen LogP contribution in [0.5, 0.6) is 0 Å². The molecule has 24 heavy (non-hydrogen) atoms. The van der Waals surface area contributed by atoms with Gasteiger partial charge in [0.25, 0.3) is 0 Å². The van der Waals surface area contributed by atoms with Crippen molar-refractivity contribution in [3.05, 3.63) is 34.9 Å². The number of carbonyl (C=O) groups is 1.